The van der Waals surface area contributed by atoms with E-state index in [4.69, 9.17) is 9.15 Å². The summed E-state index contributed by atoms with van der Waals surface area (Å²) in [6.45, 7) is -0.700. The molecule has 7 nitrogen and oxygen atoms in total. The van der Waals surface area contributed by atoms with Crippen LogP contribution >= 0.6 is 0 Å². The molecule has 0 aliphatic carbocycles. The summed E-state index contributed by atoms with van der Waals surface area (Å²) in [7, 11) is 0. The molecule has 0 amide bonds. The first-order valence-corrected chi connectivity index (χ1v) is 8.05. The molecule has 3 aromatic heterocycles. The maximum Gasteiger partial charge on any atom is 0.387 e. The zero-order valence-corrected chi connectivity index (χ0v) is 14.1. The van der Waals surface area contributed by atoms with Gasteiger partial charge >= 0.3 is 6.61 Å². The molecule has 0 fully saturated rings. The standard InChI is InChI=1S/C18H13F2N3O4/c1-2-25-13-8-7-12-15-14(21-9-26-15)17(24)23(16(12)22-13)10-3-5-11(6-4-10)27-18(19)20/h3-9,18H,2H2,1H3. The Hall–Kier alpha value is -3.49. The summed E-state index contributed by atoms with van der Waals surface area (Å²) in [5.41, 5.74) is 0.728. The van der Waals surface area contributed by atoms with Crippen molar-refractivity contribution < 1.29 is 22.7 Å². The summed E-state index contributed by atoms with van der Waals surface area (Å²) in [6.07, 6.45) is 1.19. The third-order valence-electron chi connectivity index (χ3n) is 3.89. The van der Waals surface area contributed by atoms with Gasteiger partial charge in [0.15, 0.2) is 23.1 Å². The molecule has 0 N–H and O–H groups in total. The Morgan fingerprint density at radius 2 is 1.96 bits per heavy atom. The number of fused-ring (bicyclic) bond motifs is 3. The van der Waals surface area contributed by atoms with E-state index in [-0.39, 0.29) is 11.3 Å². The molecule has 0 radical (unpaired) electrons. The van der Waals surface area contributed by atoms with Crippen LogP contribution in [-0.4, -0.2) is 27.8 Å². The van der Waals surface area contributed by atoms with Crippen molar-refractivity contribution in [2.75, 3.05) is 6.61 Å². The van der Waals surface area contributed by atoms with Crippen LogP contribution in [0.3, 0.4) is 0 Å². The number of benzene rings is 1. The Labute approximate surface area is 150 Å². The van der Waals surface area contributed by atoms with Crippen molar-refractivity contribution in [1.82, 2.24) is 14.5 Å². The van der Waals surface area contributed by atoms with Crippen molar-refractivity contribution in [3.8, 4) is 17.3 Å². The van der Waals surface area contributed by atoms with Crippen molar-refractivity contribution in [1.29, 1.82) is 0 Å². The summed E-state index contributed by atoms with van der Waals surface area (Å²) < 4.78 is 41.2. The molecule has 27 heavy (non-hydrogen) atoms. The van der Waals surface area contributed by atoms with Crippen LogP contribution in [0.1, 0.15) is 6.92 Å². The monoisotopic (exact) mass is 373 g/mol. The van der Waals surface area contributed by atoms with E-state index in [1.807, 2.05) is 6.92 Å². The van der Waals surface area contributed by atoms with Gasteiger partial charge in [0.05, 0.1) is 17.7 Å². The molecule has 0 spiro atoms. The summed E-state index contributed by atoms with van der Waals surface area (Å²) in [6, 6.07) is 9.06. The Bertz CT molecular complexity index is 1170. The predicted molar refractivity (Wildman–Crippen MR) is 92.7 cm³/mol. The predicted octanol–water partition coefficient (Wildman–Crippen LogP) is 3.53. The van der Waals surface area contributed by atoms with Crippen LogP contribution in [0.15, 0.2) is 52.0 Å². The van der Waals surface area contributed by atoms with Crippen molar-refractivity contribution in [2.45, 2.75) is 13.5 Å². The molecule has 0 unspecified atom stereocenters. The molecule has 4 rings (SSSR count). The van der Waals surface area contributed by atoms with Crippen LogP contribution in [0, 0.1) is 0 Å². The number of ether oxygens (including phenoxy) is 2. The number of alkyl halides is 2. The Morgan fingerprint density at radius 1 is 1.19 bits per heavy atom. The van der Waals surface area contributed by atoms with E-state index < -0.39 is 12.2 Å². The van der Waals surface area contributed by atoms with Crippen molar-refractivity contribution >= 4 is 22.1 Å². The SMILES string of the molecule is CCOc1ccc2c3ocnc3c(=O)n(-c3ccc(OC(F)F)cc3)c2n1. The number of oxazole rings is 1. The fourth-order valence-corrected chi connectivity index (χ4v) is 2.81. The highest BCUT2D eigenvalue weighted by Crippen LogP contribution is 2.26. The quantitative estimate of drug-likeness (QED) is 0.533. The number of hydrogen-bond donors (Lipinski definition) is 0. The number of hydrogen-bond acceptors (Lipinski definition) is 6. The van der Waals surface area contributed by atoms with Gasteiger partial charge in [0.2, 0.25) is 5.88 Å². The summed E-state index contributed by atoms with van der Waals surface area (Å²) in [5, 5.41) is 0.568. The maximum absolute atomic E-state index is 12.9. The first-order valence-electron chi connectivity index (χ1n) is 8.05. The first kappa shape index (κ1) is 17.0. The van der Waals surface area contributed by atoms with Crippen LogP contribution in [-0.2, 0) is 0 Å². The van der Waals surface area contributed by atoms with Crippen molar-refractivity contribution in [3.63, 3.8) is 0 Å². The zero-order chi connectivity index (χ0) is 19.0. The molecule has 0 aliphatic rings. The fourth-order valence-electron chi connectivity index (χ4n) is 2.81. The molecule has 0 saturated heterocycles. The molecule has 1 aromatic carbocycles. The Morgan fingerprint density at radius 3 is 2.67 bits per heavy atom. The lowest BCUT2D eigenvalue weighted by Crippen LogP contribution is -2.20. The van der Waals surface area contributed by atoms with Gasteiger partial charge in [-0.3, -0.25) is 9.36 Å². The largest absolute Gasteiger partial charge is 0.478 e. The molecule has 0 atom stereocenters. The molecule has 4 aromatic rings. The minimum Gasteiger partial charge on any atom is -0.478 e. The maximum atomic E-state index is 12.9. The molecule has 0 bridgehead atoms. The molecule has 0 aliphatic heterocycles. The number of nitrogens with zero attached hydrogens (tertiary/aromatic N) is 3. The number of aromatic nitrogens is 3. The van der Waals surface area contributed by atoms with Crippen molar-refractivity contribution in [2.24, 2.45) is 0 Å². The third-order valence-corrected chi connectivity index (χ3v) is 3.89. The Balaban J connectivity index is 1.97. The second-order valence-electron chi connectivity index (χ2n) is 5.50. The smallest absolute Gasteiger partial charge is 0.387 e. The van der Waals surface area contributed by atoms with E-state index in [9.17, 15) is 13.6 Å². The highest BCUT2D eigenvalue weighted by atomic mass is 19.3. The lowest BCUT2D eigenvalue weighted by atomic mass is 10.2. The van der Waals surface area contributed by atoms with Crippen molar-refractivity contribution in [3.05, 3.63) is 53.1 Å². The number of pyridine rings is 2. The average molecular weight is 373 g/mol. The van der Waals surface area contributed by atoms with Gasteiger partial charge in [0.1, 0.15) is 5.75 Å². The lowest BCUT2D eigenvalue weighted by molar-refractivity contribution is -0.0498. The molecular formula is C18H13F2N3O4. The normalized spacial score (nSPS) is 11.4. The Kier molecular flexibility index (Phi) is 4.19. The van der Waals surface area contributed by atoms with Crippen LogP contribution in [0.5, 0.6) is 11.6 Å². The minimum atomic E-state index is -2.93. The number of rotatable bonds is 5. The second-order valence-corrected chi connectivity index (χ2v) is 5.50. The first-order chi connectivity index (χ1) is 13.1. The summed E-state index contributed by atoms with van der Waals surface area (Å²) in [4.78, 5) is 21.3. The van der Waals surface area contributed by atoms with E-state index in [0.29, 0.717) is 34.8 Å². The van der Waals surface area contributed by atoms with Crippen LogP contribution < -0.4 is 15.0 Å². The van der Waals surface area contributed by atoms with Gasteiger partial charge < -0.3 is 13.9 Å². The van der Waals surface area contributed by atoms with E-state index in [1.165, 1.54) is 35.2 Å². The number of halogens is 2. The van der Waals surface area contributed by atoms with Crippen LogP contribution in [0.2, 0.25) is 0 Å². The fraction of sp³-hybridized carbons (Fsp3) is 0.167. The van der Waals surface area contributed by atoms with E-state index in [2.05, 4.69) is 14.7 Å². The zero-order valence-electron chi connectivity index (χ0n) is 14.1. The van der Waals surface area contributed by atoms with Crippen LogP contribution in [0.4, 0.5) is 8.78 Å². The van der Waals surface area contributed by atoms with Crippen LogP contribution in [0.25, 0.3) is 27.8 Å². The van der Waals surface area contributed by atoms with Gasteiger partial charge in [0.25, 0.3) is 5.56 Å². The van der Waals surface area contributed by atoms with Gasteiger partial charge in [-0.1, -0.05) is 0 Å². The highest BCUT2D eigenvalue weighted by molar-refractivity contribution is 5.99. The van der Waals surface area contributed by atoms with Gasteiger partial charge in [-0.2, -0.15) is 13.8 Å². The third kappa shape index (κ3) is 2.97. The molecular weight excluding hydrogens is 360 g/mol. The van der Waals surface area contributed by atoms with Gasteiger partial charge in [-0.25, -0.2) is 4.98 Å². The minimum absolute atomic E-state index is 0.0171. The molecule has 0 saturated carbocycles. The molecule has 138 valence electrons. The van der Waals surface area contributed by atoms with Gasteiger partial charge in [-0.15, -0.1) is 0 Å². The second kappa shape index (κ2) is 6.67. The lowest BCUT2D eigenvalue weighted by Gasteiger charge is -2.12. The van der Waals surface area contributed by atoms with E-state index >= 15 is 0 Å². The summed E-state index contributed by atoms with van der Waals surface area (Å²) in [5.74, 6) is 0.325. The summed E-state index contributed by atoms with van der Waals surface area (Å²) >= 11 is 0. The van der Waals surface area contributed by atoms with E-state index in [0.717, 1.165) is 0 Å². The molecule has 3 heterocycles. The van der Waals surface area contributed by atoms with E-state index in [1.54, 1.807) is 12.1 Å². The van der Waals surface area contributed by atoms with Gasteiger partial charge in [-0.05, 0) is 37.3 Å². The van der Waals surface area contributed by atoms with Gasteiger partial charge in [0, 0.05) is 6.07 Å². The average Bonchev–Trinajstić information content (AvgIpc) is 3.13. The molecule has 9 heteroatoms. The topological polar surface area (TPSA) is 79.4 Å². The highest BCUT2D eigenvalue weighted by Gasteiger charge is 2.18.